The smallest absolute Gasteiger partial charge is 0.254 e. The molecule has 0 radical (unpaired) electrons. The lowest BCUT2D eigenvalue weighted by Gasteiger charge is -2.32. The van der Waals surface area contributed by atoms with Crippen LogP contribution < -0.4 is 0 Å². The largest absolute Gasteiger partial charge is 0.345 e. The van der Waals surface area contributed by atoms with Gasteiger partial charge in [0, 0.05) is 68.1 Å². The predicted molar refractivity (Wildman–Crippen MR) is 122 cm³/mol. The molecule has 30 heavy (non-hydrogen) atoms. The average molecular weight is 405 g/mol. The van der Waals surface area contributed by atoms with Gasteiger partial charge in [0.15, 0.2) is 0 Å². The number of carbonyl (C=O) groups is 1. The molecule has 1 aliphatic heterocycles. The van der Waals surface area contributed by atoms with Gasteiger partial charge >= 0.3 is 0 Å². The monoisotopic (exact) mass is 404 g/mol. The van der Waals surface area contributed by atoms with Crippen molar-refractivity contribution in [3.05, 3.63) is 65.6 Å². The number of para-hydroxylation sites is 1. The van der Waals surface area contributed by atoms with Gasteiger partial charge in [-0.15, -0.1) is 0 Å². The first kappa shape index (κ1) is 20.6. The Bertz CT molecular complexity index is 1020. The van der Waals surface area contributed by atoms with Crippen LogP contribution in [0.25, 0.3) is 10.9 Å². The summed E-state index contributed by atoms with van der Waals surface area (Å²) in [5, 5.41) is 1.36. The molecule has 5 heteroatoms. The van der Waals surface area contributed by atoms with Gasteiger partial charge in [-0.1, -0.05) is 18.2 Å². The van der Waals surface area contributed by atoms with Gasteiger partial charge in [0.05, 0.1) is 5.56 Å². The molecule has 1 saturated heterocycles. The highest BCUT2D eigenvalue weighted by Gasteiger charge is 2.24. The van der Waals surface area contributed by atoms with Crippen molar-refractivity contribution >= 4 is 16.8 Å². The zero-order chi connectivity index (χ0) is 21.3. The average Bonchev–Trinajstić information content (AvgIpc) is 3.12. The van der Waals surface area contributed by atoms with E-state index in [1.807, 2.05) is 12.1 Å². The molecule has 0 N–H and O–H groups in total. The Balaban J connectivity index is 1.50. The fraction of sp³-hybridized carbons (Fsp3) is 0.440. The Labute approximate surface area is 179 Å². The van der Waals surface area contributed by atoms with Crippen LogP contribution in [0.2, 0.25) is 0 Å². The van der Waals surface area contributed by atoms with Gasteiger partial charge in [-0.2, -0.15) is 0 Å². The summed E-state index contributed by atoms with van der Waals surface area (Å²) in [5.74, 6) is 0.418. The minimum atomic E-state index is 0.000799. The van der Waals surface area contributed by atoms with E-state index in [9.17, 15) is 4.79 Å². The number of piperidine rings is 1. The fourth-order valence-corrected chi connectivity index (χ4v) is 4.54. The molecule has 4 rings (SSSR count). The maximum Gasteiger partial charge on any atom is 0.254 e. The minimum Gasteiger partial charge on any atom is -0.345 e. The number of likely N-dealkylation sites (tertiary alicyclic amines) is 1. The number of aromatic nitrogens is 2. The van der Waals surface area contributed by atoms with Crippen molar-refractivity contribution in [2.24, 2.45) is 0 Å². The highest BCUT2D eigenvalue weighted by molar-refractivity contribution is 5.93. The summed E-state index contributed by atoms with van der Waals surface area (Å²) in [6.45, 7) is 7.57. The van der Waals surface area contributed by atoms with Crippen LogP contribution in [-0.2, 0) is 6.54 Å². The summed E-state index contributed by atoms with van der Waals surface area (Å²) in [6, 6.07) is 13.1. The van der Waals surface area contributed by atoms with Crippen LogP contribution in [0, 0.1) is 0 Å². The lowest BCUT2D eigenvalue weighted by Crippen LogP contribution is -2.34. The minimum absolute atomic E-state index is 0.000799. The Morgan fingerprint density at radius 1 is 1.20 bits per heavy atom. The molecule has 0 spiro atoms. The van der Waals surface area contributed by atoms with Crippen LogP contribution >= 0.6 is 0 Å². The molecule has 3 aromatic rings. The molecule has 1 fully saturated rings. The van der Waals surface area contributed by atoms with E-state index in [0.717, 1.165) is 31.7 Å². The number of amides is 1. The number of hydrogen-bond donors (Lipinski definition) is 0. The van der Waals surface area contributed by atoms with Crippen LogP contribution in [0.3, 0.4) is 0 Å². The summed E-state index contributed by atoms with van der Waals surface area (Å²) in [4.78, 5) is 20.9. The van der Waals surface area contributed by atoms with Crippen molar-refractivity contribution in [1.82, 2.24) is 19.4 Å². The Hall–Kier alpha value is -2.66. The van der Waals surface area contributed by atoms with E-state index in [0.29, 0.717) is 17.5 Å². The maximum absolute atomic E-state index is 12.1. The van der Waals surface area contributed by atoms with Gasteiger partial charge in [-0.25, -0.2) is 0 Å². The Morgan fingerprint density at radius 3 is 2.70 bits per heavy atom. The standard InChI is InChI=1S/C25H32N4O/c1-18(2)29-17-21(22-9-5-6-10-24(22)29)16-28-13-7-8-20(15-28)23-12-11-19(14-26-23)25(30)27(3)4/h5-6,9-12,14,17-18,20H,7-8,13,15-16H2,1-4H3/t20-/m1/s1. The highest BCUT2D eigenvalue weighted by Crippen LogP contribution is 2.30. The number of hydrogen-bond acceptors (Lipinski definition) is 3. The van der Waals surface area contributed by atoms with Crippen LogP contribution in [-0.4, -0.2) is 52.4 Å². The molecule has 0 unspecified atom stereocenters. The van der Waals surface area contributed by atoms with Gasteiger partial charge in [-0.05, 0) is 57.0 Å². The fourth-order valence-electron chi connectivity index (χ4n) is 4.54. The van der Waals surface area contributed by atoms with Crippen LogP contribution in [0.4, 0.5) is 0 Å². The first-order valence-electron chi connectivity index (χ1n) is 10.9. The summed E-state index contributed by atoms with van der Waals surface area (Å²) < 4.78 is 2.38. The summed E-state index contributed by atoms with van der Waals surface area (Å²) in [6.07, 6.45) is 6.39. The zero-order valence-electron chi connectivity index (χ0n) is 18.5. The number of carbonyl (C=O) groups excluding carboxylic acids is 1. The Kier molecular flexibility index (Phi) is 5.91. The molecule has 0 saturated carbocycles. The topological polar surface area (TPSA) is 41.4 Å². The Morgan fingerprint density at radius 2 is 2.00 bits per heavy atom. The molecular weight excluding hydrogens is 372 g/mol. The SMILES string of the molecule is CC(C)n1cc(CN2CCC[C@@H](c3ccc(C(=O)N(C)C)cn3)C2)c2ccccc21. The maximum atomic E-state index is 12.1. The summed E-state index contributed by atoms with van der Waals surface area (Å²) in [7, 11) is 3.54. The normalized spacial score (nSPS) is 17.6. The van der Waals surface area contributed by atoms with Gasteiger partial charge < -0.3 is 9.47 Å². The van der Waals surface area contributed by atoms with Crippen LogP contribution in [0.5, 0.6) is 0 Å². The third kappa shape index (κ3) is 4.12. The quantitative estimate of drug-likeness (QED) is 0.619. The third-order valence-electron chi connectivity index (χ3n) is 6.14. The molecule has 1 amide bonds. The molecule has 1 aliphatic rings. The van der Waals surface area contributed by atoms with Crippen LogP contribution in [0.1, 0.15) is 60.3 Å². The van der Waals surface area contributed by atoms with Crippen molar-refractivity contribution < 1.29 is 4.79 Å². The molecule has 3 heterocycles. The third-order valence-corrected chi connectivity index (χ3v) is 6.14. The molecule has 5 nitrogen and oxygen atoms in total. The van der Waals surface area contributed by atoms with Crippen LogP contribution in [0.15, 0.2) is 48.8 Å². The van der Waals surface area contributed by atoms with Crippen molar-refractivity contribution in [2.75, 3.05) is 27.2 Å². The summed E-state index contributed by atoms with van der Waals surface area (Å²) >= 11 is 0. The number of benzene rings is 1. The summed E-state index contributed by atoms with van der Waals surface area (Å²) in [5.41, 5.74) is 4.47. The molecule has 2 aromatic heterocycles. The first-order chi connectivity index (χ1) is 14.4. The second kappa shape index (κ2) is 8.60. The second-order valence-electron chi connectivity index (χ2n) is 8.92. The van der Waals surface area contributed by atoms with E-state index in [2.05, 4.69) is 58.8 Å². The molecule has 0 bridgehead atoms. The van der Waals surface area contributed by atoms with Crippen molar-refractivity contribution in [1.29, 1.82) is 0 Å². The number of nitrogens with zero attached hydrogens (tertiary/aromatic N) is 4. The van der Waals surface area contributed by atoms with Crippen molar-refractivity contribution in [2.45, 2.75) is 45.2 Å². The van der Waals surface area contributed by atoms with E-state index < -0.39 is 0 Å². The molecule has 158 valence electrons. The number of rotatable bonds is 5. The zero-order valence-corrected chi connectivity index (χ0v) is 18.5. The van der Waals surface area contributed by atoms with E-state index in [4.69, 9.17) is 0 Å². The number of fused-ring (bicyclic) bond motifs is 1. The molecule has 1 atom stereocenters. The van der Waals surface area contributed by atoms with E-state index in [-0.39, 0.29) is 5.91 Å². The first-order valence-corrected chi connectivity index (χ1v) is 10.9. The molecular formula is C25H32N4O. The van der Waals surface area contributed by atoms with Gasteiger partial charge in [0.1, 0.15) is 0 Å². The molecule has 1 aromatic carbocycles. The van der Waals surface area contributed by atoms with E-state index >= 15 is 0 Å². The number of pyridine rings is 1. The van der Waals surface area contributed by atoms with Gasteiger partial charge in [0.2, 0.25) is 0 Å². The lowest BCUT2D eigenvalue weighted by molar-refractivity contribution is 0.0827. The highest BCUT2D eigenvalue weighted by atomic mass is 16.2. The van der Waals surface area contributed by atoms with E-state index in [1.54, 1.807) is 25.2 Å². The van der Waals surface area contributed by atoms with E-state index in [1.165, 1.54) is 22.9 Å². The molecule has 0 aliphatic carbocycles. The lowest BCUT2D eigenvalue weighted by atomic mass is 9.93. The van der Waals surface area contributed by atoms with Gasteiger partial charge in [-0.3, -0.25) is 14.7 Å². The van der Waals surface area contributed by atoms with Gasteiger partial charge in [0.25, 0.3) is 5.91 Å². The van der Waals surface area contributed by atoms with Crippen molar-refractivity contribution in [3.8, 4) is 0 Å². The second-order valence-corrected chi connectivity index (χ2v) is 8.92. The van der Waals surface area contributed by atoms with Crippen molar-refractivity contribution in [3.63, 3.8) is 0 Å². The predicted octanol–water partition coefficient (Wildman–Crippen LogP) is 4.70.